The molecule has 0 aromatic carbocycles. The van der Waals surface area contributed by atoms with E-state index in [1.165, 1.54) is 17.7 Å². The number of amides is 1. The van der Waals surface area contributed by atoms with Crippen molar-refractivity contribution in [3.05, 3.63) is 82.6 Å². The van der Waals surface area contributed by atoms with Crippen molar-refractivity contribution >= 4 is 12.2 Å². The highest BCUT2D eigenvalue weighted by Crippen LogP contribution is 2.43. The van der Waals surface area contributed by atoms with E-state index in [9.17, 15) is 33.0 Å². The molecule has 4 N–H and O–H groups in total. The number of halogens is 3. The molecule has 1 unspecified atom stereocenters. The van der Waals surface area contributed by atoms with Crippen molar-refractivity contribution in [3.63, 3.8) is 0 Å². The predicted octanol–water partition coefficient (Wildman–Crippen LogP) is 7.19. The van der Waals surface area contributed by atoms with Gasteiger partial charge in [0.25, 0.3) is 5.91 Å². The minimum Gasteiger partial charge on any atom is -0.516 e. The van der Waals surface area contributed by atoms with Gasteiger partial charge in [0.15, 0.2) is 11.4 Å². The fraction of sp³-hybridized carbons (Fsp3) is 0.471. The van der Waals surface area contributed by atoms with E-state index in [1.54, 1.807) is 20.8 Å². The summed E-state index contributed by atoms with van der Waals surface area (Å²) in [5.41, 5.74) is -0.396. The molecular formula is C34H47F3N4O6. The average molecular weight is 665 g/mol. The van der Waals surface area contributed by atoms with Gasteiger partial charge in [0.1, 0.15) is 18.0 Å². The molecule has 0 spiro atoms. The lowest BCUT2D eigenvalue weighted by molar-refractivity contribution is -0.140. The Bertz CT molecular complexity index is 1440. The lowest BCUT2D eigenvalue weighted by Gasteiger charge is -2.24. The Labute approximate surface area is 274 Å². The topological polar surface area (TPSA) is 147 Å². The Kier molecular flexibility index (Phi) is 16.9. The van der Waals surface area contributed by atoms with Crippen molar-refractivity contribution in [3.8, 4) is 11.6 Å². The maximum absolute atomic E-state index is 14.1. The van der Waals surface area contributed by atoms with Crippen LogP contribution in [0.1, 0.15) is 101 Å². The minimum atomic E-state index is -4.93. The third-order valence-electron chi connectivity index (χ3n) is 6.65. The molecule has 0 fully saturated rings. The first-order chi connectivity index (χ1) is 22.1. The number of aromatic nitrogens is 3. The van der Waals surface area contributed by atoms with E-state index in [4.69, 9.17) is 9.84 Å². The van der Waals surface area contributed by atoms with E-state index < -0.39 is 47.2 Å². The van der Waals surface area contributed by atoms with E-state index in [0.29, 0.717) is 12.8 Å². The Morgan fingerprint density at radius 1 is 1.13 bits per heavy atom. The standard InChI is InChI=1S/C29H39F3N4O4.C5H8O2/c1-8-11-20(13-12-19(9-2)10-3)14-34-26(39)25-18(4)27(36(35-25)28(5,6)7)40-23-16-33-15-21(22(38)17-37)24(23)29(30,31)32;6-4-2-1-3-5-7/h9,11-13,15-16,22,37-38H,8,10,14,17H2,1-7H3,(H,34,39);2,4-6H,1,3H2/b13-12-,19-9-,20-11-;4-2-. The first kappa shape index (κ1) is 40.8. The number of nitrogens with zero attached hydrogens (tertiary/aromatic N) is 3. The minimum absolute atomic E-state index is 0.000481. The largest absolute Gasteiger partial charge is 0.516 e. The van der Waals surface area contributed by atoms with E-state index in [2.05, 4.69) is 22.3 Å². The highest BCUT2D eigenvalue weighted by Gasteiger charge is 2.40. The second kappa shape index (κ2) is 19.4. The van der Waals surface area contributed by atoms with Gasteiger partial charge in [-0.3, -0.25) is 9.78 Å². The molecule has 0 saturated heterocycles. The van der Waals surface area contributed by atoms with Crippen LogP contribution in [0, 0.1) is 6.92 Å². The van der Waals surface area contributed by atoms with Crippen molar-refractivity contribution in [2.24, 2.45) is 0 Å². The van der Waals surface area contributed by atoms with Crippen molar-refractivity contribution in [2.75, 3.05) is 13.2 Å². The maximum Gasteiger partial charge on any atom is 0.420 e. The van der Waals surface area contributed by atoms with Crippen LogP contribution in [0.2, 0.25) is 0 Å². The number of aliphatic hydroxyl groups excluding tert-OH is 3. The average Bonchev–Trinajstić information content (AvgIpc) is 3.35. The highest BCUT2D eigenvalue weighted by molar-refractivity contribution is 5.94. The zero-order chi connectivity index (χ0) is 35.8. The zero-order valence-corrected chi connectivity index (χ0v) is 28.1. The van der Waals surface area contributed by atoms with Gasteiger partial charge in [0, 0.05) is 30.3 Å². The van der Waals surface area contributed by atoms with Crippen LogP contribution in [-0.2, 0) is 16.5 Å². The molecule has 47 heavy (non-hydrogen) atoms. The van der Waals surface area contributed by atoms with Crippen molar-refractivity contribution in [1.29, 1.82) is 0 Å². The number of aliphatic hydroxyl groups is 3. The summed E-state index contributed by atoms with van der Waals surface area (Å²) in [6.07, 6.45) is 8.99. The molecule has 1 amide bonds. The number of carbonyl (C=O) groups excluding carboxylic acids is 2. The van der Waals surface area contributed by atoms with E-state index in [1.807, 2.05) is 38.2 Å². The number of hydrogen-bond acceptors (Lipinski definition) is 8. The van der Waals surface area contributed by atoms with Crippen LogP contribution in [0.4, 0.5) is 13.2 Å². The second-order valence-electron chi connectivity index (χ2n) is 11.3. The van der Waals surface area contributed by atoms with Gasteiger partial charge in [0.2, 0.25) is 5.88 Å². The normalized spacial score (nSPS) is 13.4. The fourth-order valence-electron chi connectivity index (χ4n) is 4.16. The van der Waals surface area contributed by atoms with Gasteiger partial charge in [-0.15, -0.1) is 0 Å². The number of nitrogens with one attached hydrogen (secondary N) is 1. The molecule has 2 rings (SSSR count). The molecule has 10 nitrogen and oxygen atoms in total. The molecular weight excluding hydrogens is 617 g/mol. The molecule has 0 radical (unpaired) electrons. The van der Waals surface area contributed by atoms with Gasteiger partial charge < -0.3 is 30.2 Å². The summed E-state index contributed by atoms with van der Waals surface area (Å²) in [5, 5.41) is 34.5. The zero-order valence-electron chi connectivity index (χ0n) is 28.1. The quantitative estimate of drug-likeness (QED) is 0.0718. The maximum atomic E-state index is 14.1. The Morgan fingerprint density at radius 3 is 2.30 bits per heavy atom. The molecule has 2 aromatic heterocycles. The number of ether oxygens (including phenoxy) is 1. The van der Waals surface area contributed by atoms with Gasteiger partial charge in [-0.2, -0.15) is 18.3 Å². The molecule has 2 aromatic rings. The summed E-state index contributed by atoms with van der Waals surface area (Å²) >= 11 is 0. The van der Waals surface area contributed by atoms with Crippen LogP contribution in [0.5, 0.6) is 11.6 Å². The van der Waals surface area contributed by atoms with Crippen molar-refractivity contribution in [1.82, 2.24) is 20.1 Å². The van der Waals surface area contributed by atoms with Crippen molar-refractivity contribution < 1.29 is 42.8 Å². The summed E-state index contributed by atoms with van der Waals surface area (Å²) in [6.45, 7) is 12.1. The number of pyridine rings is 1. The molecule has 0 aliphatic carbocycles. The molecule has 13 heteroatoms. The Balaban J connectivity index is 0.00000141. The van der Waals surface area contributed by atoms with Crippen LogP contribution in [0.25, 0.3) is 0 Å². The summed E-state index contributed by atoms with van der Waals surface area (Å²) in [6, 6.07) is 0. The first-order valence-electron chi connectivity index (χ1n) is 15.3. The van der Waals surface area contributed by atoms with Crippen LogP contribution in [0.15, 0.2) is 60.2 Å². The summed E-state index contributed by atoms with van der Waals surface area (Å²) in [7, 11) is 0. The number of rotatable bonds is 14. The number of alkyl halides is 3. The number of carbonyl (C=O) groups is 2. The van der Waals surface area contributed by atoms with E-state index >= 15 is 0 Å². The Morgan fingerprint density at radius 2 is 1.79 bits per heavy atom. The van der Waals surface area contributed by atoms with Crippen LogP contribution < -0.4 is 10.1 Å². The smallest absolute Gasteiger partial charge is 0.420 e. The molecule has 0 aliphatic heterocycles. The number of hydrogen-bond donors (Lipinski definition) is 4. The highest BCUT2D eigenvalue weighted by atomic mass is 19.4. The molecule has 1 atom stereocenters. The van der Waals surface area contributed by atoms with E-state index in [-0.39, 0.29) is 23.7 Å². The summed E-state index contributed by atoms with van der Waals surface area (Å²) in [5.74, 6) is -1.28. The third-order valence-corrected chi connectivity index (χ3v) is 6.65. The number of aldehydes is 1. The predicted molar refractivity (Wildman–Crippen MR) is 174 cm³/mol. The van der Waals surface area contributed by atoms with Crippen LogP contribution in [-0.4, -0.2) is 55.4 Å². The third kappa shape index (κ3) is 12.5. The summed E-state index contributed by atoms with van der Waals surface area (Å²) < 4.78 is 49.3. The van der Waals surface area contributed by atoms with Gasteiger partial charge in [-0.25, -0.2) is 4.68 Å². The van der Waals surface area contributed by atoms with Gasteiger partial charge in [-0.1, -0.05) is 43.7 Å². The monoisotopic (exact) mass is 664 g/mol. The number of allylic oxidation sites excluding steroid dienone is 5. The lowest BCUT2D eigenvalue weighted by Crippen LogP contribution is -2.28. The molecule has 0 saturated carbocycles. The fourth-order valence-corrected chi connectivity index (χ4v) is 4.16. The lowest BCUT2D eigenvalue weighted by atomic mass is 10.0. The first-order valence-corrected chi connectivity index (χ1v) is 15.3. The van der Waals surface area contributed by atoms with Crippen LogP contribution in [0.3, 0.4) is 0 Å². The molecule has 260 valence electrons. The molecule has 0 bridgehead atoms. The SMILES string of the molecule is C\C=C(/C=C\C(=C\CC)CNC(=O)c1nn(C(C)(C)C)c(Oc2cncc(C(O)CO)c2C(F)(F)F)c1C)CC.O=CCC/C=C\O. The molecule has 0 aliphatic rings. The second-order valence-corrected chi connectivity index (χ2v) is 11.3. The van der Waals surface area contributed by atoms with Gasteiger partial charge >= 0.3 is 6.18 Å². The van der Waals surface area contributed by atoms with Gasteiger partial charge in [0.05, 0.1) is 24.6 Å². The van der Waals surface area contributed by atoms with Gasteiger partial charge in [-0.05, 0) is 65.5 Å². The van der Waals surface area contributed by atoms with E-state index in [0.717, 1.165) is 48.9 Å². The summed E-state index contributed by atoms with van der Waals surface area (Å²) in [4.78, 5) is 26.6. The Hall–Kier alpha value is -4.23. The van der Waals surface area contributed by atoms with Crippen LogP contribution >= 0.6 is 0 Å². The number of unbranched alkanes of at least 4 members (excludes halogenated alkanes) is 1. The van der Waals surface area contributed by atoms with Crippen molar-refractivity contribution in [2.45, 2.75) is 92.0 Å². The molecule has 2 heterocycles.